The summed E-state index contributed by atoms with van der Waals surface area (Å²) < 4.78 is 22.7. The number of rotatable bonds is 3. The zero-order chi connectivity index (χ0) is 15.0. The molecule has 1 saturated carbocycles. The minimum atomic E-state index is -3.04. The molecule has 20 heavy (non-hydrogen) atoms. The number of sulfone groups is 1. The lowest BCUT2D eigenvalue weighted by Crippen LogP contribution is -2.47. The molecule has 116 valence electrons. The van der Waals surface area contributed by atoms with E-state index in [1.807, 2.05) is 0 Å². The minimum Gasteiger partial charge on any atom is -0.388 e. The van der Waals surface area contributed by atoms with E-state index < -0.39 is 21.4 Å². The van der Waals surface area contributed by atoms with Crippen molar-refractivity contribution in [2.75, 3.05) is 18.1 Å². The van der Waals surface area contributed by atoms with Gasteiger partial charge in [-0.25, -0.2) is 8.42 Å². The molecule has 1 unspecified atom stereocenters. The summed E-state index contributed by atoms with van der Waals surface area (Å²) in [6.07, 6.45) is 3.65. The van der Waals surface area contributed by atoms with Crippen molar-refractivity contribution in [1.82, 2.24) is 5.32 Å². The molecule has 1 saturated heterocycles. The Balaban J connectivity index is 1.82. The first-order chi connectivity index (χ1) is 9.11. The Bertz CT molecular complexity index is 473. The Morgan fingerprint density at radius 1 is 1.25 bits per heavy atom. The largest absolute Gasteiger partial charge is 0.388 e. The molecule has 0 aromatic carbocycles. The molecule has 2 rings (SSSR count). The van der Waals surface area contributed by atoms with Gasteiger partial charge in [0.2, 0.25) is 5.91 Å². The molecule has 0 aromatic heterocycles. The number of nitrogens with one attached hydrogen (secondary N) is 1. The van der Waals surface area contributed by atoms with Crippen molar-refractivity contribution in [2.45, 2.75) is 51.6 Å². The van der Waals surface area contributed by atoms with Crippen molar-refractivity contribution >= 4 is 15.7 Å². The quantitative estimate of drug-likeness (QED) is 0.810. The molecule has 2 aliphatic rings. The van der Waals surface area contributed by atoms with Gasteiger partial charge in [0.25, 0.3) is 0 Å². The van der Waals surface area contributed by atoms with Crippen LogP contribution in [0.1, 0.15) is 46.0 Å². The van der Waals surface area contributed by atoms with E-state index in [-0.39, 0.29) is 29.4 Å². The molecule has 2 N–H and O–H groups in total. The number of aliphatic hydroxyl groups is 1. The van der Waals surface area contributed by atoms with Gasteiger partial charge in [0.05, 0.1) is 23.0 Å². The van der Waals surface area contributed by atoms with Crippen LogP contribution in [0.4, 0.5) is 0 Å². The van der Waals surface area contributed by atoms with Gasteiger partial charge in [0.15, 0.2) is 9.84 Å². The molecule has 1 aliphatic carbocycles. The van der Waals surface area contributed by atoms with Gasteiger partial charge in [-0.1, -0.05) is 13.8 Å². The molecule has 1 atom stereocenters. The van der Waals surface area contributed by atoms with Gasteiger partial charge in [-0.05, 0) is 37.5 Å². The average Bonchev–Trinajstić information content (AvgIpc) is 2.72. The highest BCUT2D eigenvalue weighted by Gasteiger charge is 2.38. The van der Waals surface area contributed by atoms with E-state index >= 15 is 0 Å². The second-order valence-corrected chi connectivity index (χ2v) is 9.44. The number of amides is 1. The minimum absolute atomic E-state index is 0.0513. The fraction of sp³-hybridized carbons (Fsp3) is 0.929. The summed E-state index contributed by atoms with van der Waals surface area (Å²) >= 11 is 0. The third-order valence-electron chi connectivity index (χ3n) is 4.73. The fourth-order valence-electron chi connectivity index (χ4n) is 2.97. The number of carbonyl (C=O) groups is 1. The summed E-state index contributed by atoms with van der Waals surface area (Å²) in [5, 5.41) is 13.2. The lowest BCUT2D eigenvalue weighted by molar-refractivity contribution is -0.126. The van der Waals surface area contributed by atoms with E-state index in [9.17, 15) is 18.3 Å². The molecule has 0 aromatic rings. The van der Waals surface area contributed by atoms with Crippen molar-refractivity contribution < 1.29 is 18.3 Å². The predicted octanol–water partition coefficient (Wildman–Crippen LogP) is 0.869. The van der Waals surface area contributed by atoms with Crippen LogP contribution in [0.5, 0.6) is 0 Å². The first-order valence-corrected chi connectivity index (χ1v) is 9.14. The summed E-state index contributed by atoms with van der Waals surface area (Å²) in [7, 11) is -3.04. The molecule has 5 nitrogen and oxygen atoms in total. The summed E-state index contributed by atoms with van der Waals surface area (Å²) in [5.41, 5.74) is -0.571. The standard InChI is InChI=1S/C14H25NO4S/c1-13(2)4-6-14(17,7-5-13)10-15-12(16)11-3-8-20(18,19)9-11/h11,17H,3-10H2,1-2H3,(H,15,16). The summed E-state index contributed by atoms with van der Waals surface area (Å²) in [5.74, 6) is -0.624. The summed E-state index contributed by atoms with van der Waals surface area (Å²) in [6.45, 7) is 4.61. The van der Waals surface area contributed by atoms with Crippen molar-refractivity contribution in [3.05, 3.63) is 0 Å². The fourth-order valence-corrected chi connectivity index (χ4v) is 4.71. The molecule has 0 radical (unpaired) electrons. The maximum atomic E-state index is 12.0. The topological polar surface area (TPSA) is 83.5 Å². The van der Waals surface area contributed by atoms with Crippen molar-refractivity contribution in [3.63, 3.8) is 0 Å². The molecule has 0 bridgehead atoms. The van der Waals surface area contributed by atoms with Crippen LogP contribution in [0.15, 0.2) is 0 Å². The Labute approximate surface area is 121 Å². The Hall–Kier alpha value is -0.620. The average molecular weight is 303 g/mol. The van der Waals surface area contributed by atoms with E-state index in [1.165, 1.54) is 0 Å². The van der Waals surface area contributed by atoms with Crippen LogP contribution in [-0.4, -0.2) is 43.1 Å². The Kier molecular flexibility index (Phi) is 4.17. The molecule has 0 spiro atoms. The highest BCUT2D eigenvalue weighted by molar-refractivity contribution is 7.91. The molecule has 1 amide bonds. The predicted molar refractivity (Wildman–Crippen MR) is 77.0 cm³/mol. The van der Waals surface area contributed by atoms with E-state index in [4.69, 9.17) is 0 Å². The van der Waals surface area contributed by atoms with Crippen LogP contribution in [0.2, 0.25) is 0 Å². The van der Waals surface area contributed by atoms with Crippen LogP contribution in [0.3, 0.4) is 0 Å². The second-order valence-electron chi connectivity index (χ2n) is 7.21. The Morgan fingerprint density at radius 3 is 2.35 bits per heavy atom. The lowest BCUT2D eigenvalue weighted by Gasteiger charge is -2.40. The highest BCUT2D eigenvalue weighted by Crippen LogP contribution is 2.39. The van der Waals surface area contributed by atoms with E-state index in [0.717, 1.165) is 12.8 Å². The van der Waals surface area contributed by atoms with Gasteiger partial charge in [0, 0.05) is 6.54 Å². The first kappa shape index (κ1) is 15.8. The maximum Gasteiger partial charge on any atom is 0.224 e. The van der Waals surface area contributed by atoms with Gasteiger partial charge >= 0.3 is 0 Å². The smallest absolute Gasteiger partial charge is 0.224 e. The molecular weight excluding hydrogens is 278 g/mol. The van der Waals surface area contributed by atoms with Crippen LogP contribution in [-0.2, 0) is 14.6 Å². The molecular formula is C14H25NO4S. The van der Waals surface area contributed by atoms with Gasteiger partial charge < -0.3 is 10.4 Å². The van der Waals surface area contributed by atoms with Crippen LogP contribution in [0, 0.1) is 11.3 Å². The summed E-state index contributed by atoms with van der Waals surface area (Å²) in [4.78, 5) is 12.0. The number of hydrogen-bond acceptors (Lipinski definition) is 4. The lowest BCUT2D eigenvalue weighted by atomic mass is 9.71. The molecule has 2 fully saturated rings. The van der Waals surface area contributed by atoms with Crippen LogP contribution >= 0.6 is 0 Å². The zero-order valence-electron chi connectivity index (χ0n) is 12.3. The molecule has 1 heterocycles. The van der Waals surface area contributed by atoms with Gasteiger partial charge in [-0.3, -0.25) is 4.79 Å². The second kappa shape index (κ2) is 5.30. The van der Waals surface area contributed by atoms with Gasteiger partial charge in [-0.15, -0.1) is 0 Å². The SMILES string of the molecule is CC1(C)CCC(O)(CNC(=O)C2CCS(=O)(=O)C2)CC1. The van der Waals surface area contributed by atoms with Crippen LogP contribution < -0.4 is 5.32 Å². The zero-order valence-corrected chi connectivity index (χ0v) is 13.1. The van der Waals surface area contributed by atoms with Gasteiger partial charge in [0.1, 0.15) is 0 Å². The Morgan fingerprint density at radius 2 is 1.85 bits per heavy atom. The third kappa shape index (κ3) is 3.95. The van der Waals surface area contributed by atoms with E-state index in [2.05, 4.69) is 19.2 Å². The maximum absolute atomic E-state index is 12.0. The third-order valence-corrected chi connectivity index (χ3v) is 6.50. The normalized spacial score (nSPS) is 30.9. The summed E-state index contributed by atoms with van der Waals surface area (Å²) in [6, 6.07) is 0. The van der Waals surface area contributed by atoms with Crippen molar-refractivity contribution in [3.8, 4) is 0 Å². The van der Waals surface area contributed by atoms with Gasteiger partial charge in [-0.2, -0.15) is 0 Å². The monoisotopic (exact) mass is 303 g/mol. The van der Waals surface area contributed by atoms with Crippen molar-refractivity contribution in [2.24, 2.45) is 11.3 Å². The number of hydrogen-bond donors (Lipinski definition) is 2. The van der Waals surface area contributed by atoms with E-state index in [1.54, 1.807) is 0 Å². The molecule has 1 aliphatic heterocycles. The molecule has 6 heteroatoms. The van der Waals surface area contributed by atoms with Crippen molar-refractivity contribution in [1.29, 1.82) is 0 Å². The first-order valence-electron chi connectivity index (χ1n) is 7.31. The van der Waals surface area contributed by atoms with Crippen LogP contribution in [0.25, 0.3) is 0 Å². The highest BCUT2D eigenvalue weighted by atomic mass is 32.2. The number of carbonyl (C=O) groups excluding carboxylic acids is 1. The van der Waals surface area contributed by atoms with E-state index in [0.29, 0.717) is 19.3 Å².